The van der Waals surface area contributed by atoms with Crippen LogP contribution >= 0.6 is 8.58 Å². The molecule has 0 saturated heterocycles. The zero-order chi connectivity index (χ0) is 22.6. The fourth-order valence-electron chi connectivity index (χ4n) is 4.45. The number of hydrogen-bond acceptors (Lipinski definition) is 0. The Morgan fingerprint density at radius 3 is 1.97 bits per heavy atom. The van der Waals surface area contributed by atoms with Gasteiger partial charge in [-0.05, 0) is 10.9 Å². The molecule has 0 aliphatic rings. The Balaban J connectivity index is 0.000000157. The van der Waals surface area contributed by atoms with Gasteiger partial charge in [-0.1, -0.05) is 92.2 Å². The minimum absolute atomic E-state index is 0. The molecule has 34 heavy (non-hydrogen) atoms. The molecular weight excluding hydrogens is 463 g/mol. The Morgan fingerprint density at radius 2 is 1.21 bits per heavy atom. The summed E-state index contributed by atoms with van der Waals surface area (Å²) < 4.78 is 0. The van der Waals surface area contributed by atoms with Gasteiger partial charge in [-0.25, -0.2) is 0 Å². The third-order valence-electron chi connectivity index (χ3n) is 6.02. The first-order chi connectivity index (χ1) is 16.2. The van der Waals surface area contributed by atoms with E-state index < -0.39 is 0 Å². The summed E-state index contributed by atoms with van der Waals surface area (Å²) in [5.41, 5.74) is 5.36. The Morgan fingerprint density at radius 1 is 0.588 bits per heavy atom. The van der Waals surface area contributed by atoms with Crippen molar-refractivity contribution in [1.29, 1.82) is 0 Å². The second kappa shape index (κ2) is 11.1. The molecule has 164 valence electrons. The predicted octanol–water partition coefficient (Wildman–Crippen LogP) is 8.03. The van der Waals surface area contributed by atoms with Crippen LogP contribution in [0.3, 0.4) is 0 Å². The van der Waals surface area contributed by atoms with Crippen molar-refractivity contribution < 1.29 is 21.7 Å². The van der Waals surface area contributed by atoms with Gasteiger partial charge in [0.05, 0.1) is 0 Å². The molecule has 0 aliphatic carbocycles. The van der Waals surface area contributed by atoms with Gasteiger partial charge in [-0.15, -0.1) is 89.0 Å². The van der Waals surface area contributed by atoms with E-state index in [0.29, 0.717) is 0 Å². The van der Waals surface area contributed by atoms with Crippen LogP contribution < -0.4 is 10.6 Å². The summed E-state index contributed by atoms with van der Waals surface area (Å²) >= 11 is 0. The van der Waals surface area contributed by atoms with Crippen molar-refractivity contribution in [3.63, 3.8) is 0 Å². The molecule has 0 heterocycles. The first-order valence-electron chi connectivity index (χ1n) is 11.4. The molecule has 0 aliphatic heterocycles. The van der Waals surface area contributed by atoms with E-state index in [1.54, 1.807) is 0 Å². The van der Waals surface area contributed by atoms with Crippen LogP contribution in [0.1, 0.15) is 11.1 Å². The van der Waals surface area contributed by atoms with Crippen molar-refractivity contribution in [2.24, 2.45) is 0 Å². The molecule has 0 amide bonds. The zero-order valence-corrected chi connectivity index (χ0v) is 22.1. The fraction of sp³-hybridized carbons (Fsp3) is 0.0625. The minimum Gasteiger partial charge on any atom is -0.165 e. The van der Waals surface area contributed by atoms with E-state index in [2.05, 4.69) is 135 Å². The number of benzene rings is 4. The fourth-order valence-corrected chi connectivity index (χ4v) is 5.73. The van der Waals surface area contributed by atoms with Crippen molar-refractivity contribution in [2.45, 2.75) is 13.8 Å². The van der Waals surface area contributed by atoms with E-state index in [1.807, 2.05) is 0 Å². The third kappa shape index (κ3) is 5.32. The van der Waals surface area contributed by atoms with Crippen LogP contribution in [0.2, 0.25) is 0 Å². The summed E-state index contributed by atoms with van der Waals surface area (Å²) in [7, 11) is 0.754. The standard InChI is InChI=1S/C16H14P.C16H13.Ti/c1-12-11-13-7-5-6-10-15(13)16(12)17-14-8-3-2-4-9-14;1-12-10-14-8-5-9-15(16(14)11-12)13-6-3-2-4-7-13;/h2-11,17H,1H3;2-11H,1H3;/q2*-1;+2. The largest absolute Gasteiger partial charge is 2.00 e. The van der Waals surface area contributed by atoms with Crippen LogP contribution in [0, 0.1) is 13.8 Å². The molecule has 1 unspecified atom stereocenters. The van der Waals surface area contributed by atoms with E-state index in [0.717, 1.165) is 8.58 Å². The molecule has 6 aromatic carbocycles. The Bertz CT molecular complexity index is 1490. The maximum Gasteiger partial charge on any atom is 2.00 e. The van der Waals surface area contributed by atoms with Crippen LogP contribution in [0.5, 0.6) is 0 Å². The van der Waals surface area contributed by atoms with Crippen LogP contribution in [-0.4, -0.2) is 0 Å². The van der Waals surface area contributed by atoms with Crippen LogP contribution in [0.25, 0.3) is 32.7 Å². The van der Waals surface area contributed by atoms with Gasteiger partial charge in [-0.3, -0.25) is 0 Å². The summed E-state index contributed by atoms with van der Waals surface area (Å²) in [6.45, 7) is 4.36. The smallest absolute Gasteiger partial charge is 0.165 e. The molecule has 0 radical (unpaired) electrons. The van der Waals surface area contributed by atoms with E-state index in [1.165, 1.54) is 54.4 Å². The number of rotatable bonds is 3. The van der Waals surface area contributed by atoms with Gasteiger partial charge in [0.1, 0.15) is 0 Å². The monoisotopic (exact) mass is 490 g/mol. The summed E-state index contributed by atoms with van der Waals surface area (Å²) in [5, 5.41) is 8.36. The molecule has 0 saturated carbocycles. The molecule has 1 atom stereocenters. The van der Waals surface area contributed by atoms with Crippen LogP contribution in [0.4, 0.5) is 0 Å². The molecule has 2 heteroatoms. The average molecular weight is 490 g/mol. The van der Waals surface area contributed by atoms with Crippen molar-refractivity contribution >= 4 is 40.7 Å². The maximum absolute atomic E-state index is 2.29. The average Bonchev–Trinajstić information content (AvgIpc) is 3.39. The summed E-state index contributed by atoms with van der Waals surface area (Å²) in [4.78, 5) is 0. The van der Waals surface area contributed by atoms with Crippen molar-refractivity contribution in [3.8, 4) is 11.1 Å². The second-order valence-corrected chi connectivity index (χ2v) is 9.82. The van der Waals surface area contributed by atoms with Crippen LogP contribution in [0.15, 0.2) is 121 Å². The van der Waals surface area contributed by atoms with Gasteiger partial charge in [0.2, 0.25) is 0 Å². The van der Waals surface area contributed by atoms with Crippen molar-refractivity contribution in [1.82, 2.24) is 0 Å². The van der Waals surface area contributed by atoms with E-state index in [-0.39, 0.29) is 21.7 Å². The Labute approximate surface area is 219 Å². The van der Waals surface area contributed by atoms with E-state index in [9.17, 15) is 0 Å². The summed E-state index contributed by atoms with van der Waals surface area (Å²) in [6, 6.07) is 43.2. The summed E-state index contributed by atoms with van der Waals surface area (Å²) in [5.74, 6) is 0. The Kier molecular flexibility index (Phi) is 7.97. The van der Waals surface area contributed by atoms with Gasteiger partial charge in [0.25, 0.3) is 0 Å². The van der Waals surface area contributed by atoms with E-state index >= 15 is 0 Å². The molecule has 0 nitrogen and oxygen atoms in total. The van der Waals surface area contributed by atoms with Crippen LogP contribution in [-0.2, 0) is 21.7 Å². The Hall–Kier alpha value is -2.76. The quantitative estimate of drug-likeness (QED) is 0.134. The maximum atomic E-state index is 2.29. The first-order valence-corrected chi connectivity index (χ1v) is 12.4. The summed E-state index contributed by atoms with van der Waals surface area (Å²) in [6.07, 6.45) is 0. The first kappa shape index (κ1) is 24.4. The van der Waals surface area contributed by atoms with Gasteiger partial charge in [-0.2, -0.15) is 6.07 Å². The SMILES string of the molecule is Cc1[cH-]c2ccccc2c1Pc1ccccc1.Cc1cc2c(-c3ccccc3)cccc2[cH-]1.[Ti+2]. The molecule has 0 N–H and O–H groups in total. The molecule has 6 rings (SSSR count). The van der Waals surface area contributed by atoms with Gasteiger partial charge >= 0.3 is 21.7 Å². The molecule has 0 bridgehead atoms. The molecule has 0 spiro atoms. The van der Waals surface area contributed by atoms with Crippen molar-refractivity contribution in [2.75, 3.05) is 0 Å². The van der Waals surface area contributed by atoms with Gasteiger partial charge < -0.3 is 0 Å². The number of fused-ring (bicyclic) bond motifs is 2. The van der Waals surface area contributed by atoms with E-state index in [4.69, 9.17) is 0 Å². The topological polar surface area (TPSA) is 0 Å². The minimum atomic E-state index is 0. The molecular formula is C32H27PTi. The predicted molar refractivity (Wildman–Crippen MR) is 148 cm³/mol. The normalized spacial score (nSPS) is 10.9. The molecule has 0 aromatic heterocycles. The molecule has 0 fully saturated rings. The third-order valence-corrected chi connectivity index (χ3v) is 7.56. The van der Waals surface area contributed by atoms with Crippen molar-refractivity contribution in [3.05, 3.63) is 132 Å². The second-order valence-electron chi connectivity index (χ2n) is 8.49. The zero-order valence-electron chi connectivity index (χ0n) is 19.5. The van der Waals surface area contributed by atoms with Gasteiger partial charge in [0.15, 0.2) is 0 Å². The van der Waals surface area contributed by atoms with Gasteiger partial charge in [0, 0.05) is 0 Å². The number of hydrogen-bond donors (Lipinski definition) is 0. The molecule has 6 aromatic rings. The number of aryl methyl sites for hydroxylation is 2.